The van der Waals surface area contributed by atoms with Crippen molar-refractivity contribution in [3.05, 3.63) is 35.6 Å². The second-order valence-electron chi connectivity index (χ2n) is 5.54. The molecule has 3 heteroatoms. The van der Waals surface area contributed by atoms with Crippen LogP contribution in [0.15, 0.2) is 24.3 Å². The maximum Gasteiger partial charge on any atom is 0.176 e. The fraction of sp³-hybridized carbons (Fsp3) is 0.533. The lowest BCUT2D eigenvalue weighted by atomic mass is 10.1. The third-order valence-electron chi connectivity index (χ3n) is 3.75. The number of nitrogens with zero attached hydrogens (tertiary/aromatic N) is 1. The summed E-state index contributed by atoms with van der Waals surface area (Å²) in [5.74, 6) is 0.508. The van der Waals surface area contributed by atoms with Crippen molar-refractivity contribution in [1.82, 2.24) is 4.90 Å². The highest BCUT2D eigenvalue weighted by Crippen LogP contribution is 2.34. The van der Waals surface area contributed by atoms with Crippen LogP contribution in [0.25, 0.3) is 0 Å². The summed E-state index contributed by atoms with van der Waals surface area (Å²) in [7, 11) is 0. The molecule has 0 saturated heterocycles. The van der Waals surface area contributed by atoms with E-state index in [2.05, 4.69) is 4.90 Å². The van der Waals surface area contributed by atoms with Gasteiger partial charge in [-0.3, -0.25) is 9.69 Å². The van der Waals surface area contributed by atoms with Crippen LogP contribution in [0, 0.1) is 11.7 Å². The van der Waals surface area contributed by atoms with Crippen LogP contribution in [-0.4, -0.2) is 29.8 Å². The Morgan fingerprint density at radius 3 is 2.67 bits per heavy atom. The summed E-state index contributed by atoms with van der Waals surface area (Å²) in [6.07, 6.45) is 5.03. The molecule has 2 fully saturated rings. The number of ketones is 1. The number of carbonyl (C=O) groups excluding carboxylic acids is 1. The third kappa shape index (κ3) is 2.96. The average molecular weight is 247 g/mol. The maximum atomic E-state index is 13.1. The maximum absolute atomic E-state index is 13.1. The summed E-state index contributed by atoms with van der Waals surface area (Å²) >= 11 is 0. The van der Waals surface area contributed by atoms with Crippen molar-refractivity contribution < 1.29 is 9.18 Å². The molecule has 0 aromatic heterocycles. The quantitative estimate of drug-likeness (QED) is 0.720. The van der Waals surface area contributed by atoms with Gasteiger partial charge in [0.1, 0.15) is 5.82 Å². The van der Waals surface area contributed by atoms with E-state index in [9.17, 15) is 9.18 Å². The summed E-state index contributed by atoms with van der Waals surface area (Å²) < 4.78 is 13.1. The van der Waals surface area contributed by atoms with Gasteiger partial charge in [0.25, 0.3) is 0 Å². The van der Waals surface area contributed by atoms with Crippen molar-refractivity contribution in [3.63, 3.8) is 0 Å². The van der Waals surface area contributed by atoms with Crippen LogP contribution in [0.5, 0.6) is 0 Å². The minimum absolute atomic E-state index is 0.0436. The molecule has 2 aliphatic rings. The zero-order valence-corrected chi connectivity index (χ0v) is 10.4. The number of benzene rings is 1. The van der Waals surface area contributed by atoms with Crippen LogP contribution in [0.4, 0.5) is 4.39 Å². The van der Waals surface area contributed by atoms with E-state index in [4.69, 9.17) is 0 Å². The monoisotopic (exact) mass is 247 g/mol. The summed E-state index contributed by atoms with van der Waals surface area (Å²) in [5, 5.41) is 0. The highest BCUT2D eigenvalue weighted by atomic mass is 19.1. The third-order valence-corrected chi connectivity index (χ3v) is 3.75. The molecule has 96 valence electrons. The summed E-state index contributed by atoms with van der Waals surface area (Å²) in [6.45, 7) is 1.50. The molecule has 0 radical (unpaired) electrons. The van der Waals surface area contributed by atoms with E-state index >= 15 is 0 Å². The Morgan fingerprint density at radius 1 is 1.28 bits per heavy atom. The molecule has 2 aliphatic carbocycles. The summed E-state index contributed by atoms with van der Waals surface area (Å²) in [4.78, 5) is 14.4. The van der Waals surface area contributed by atoms with Crippen LogP contribution >= 0.6 is 0 Å². The van der Waals surface area contributed by atoms with Gasteiger partial charge in [-0.15, -0.1) is 0 Å². The molecule has 1 aromatic carbocycles. The number of carbonyl (C=O) groups is 1. The van der Waals surface area contributed by atoms with Gasteiger partial charge in [-0.2, -0.15) is 0 Å². The number of Topliss-reactive ketones (excluding diaryl/α,β-unsaturated/α-hetero) is 1. The van der Waals surface area contributed by atoms with Crippen molar-refractivity contribution in [2.45, 2.75) is 31.7 Å². The molecule has 0 atom stereocenters. The van der Waals surface area contributed by atoms with Gasteiger partial charge >= 0.3 is 0 Å². The highest BCUT2D eigenvalue weighted by molar-refractivity contribution is 5.97. The van der Waals surface area contributed by atoms with Crippen LogP contribution in [0.3, 0.4) is 0 Å². The van der Waals surface area contributed by atoms with Crippen LogP contribution < -0.4 is 0 Å². The molecule has 3 rings (SSSR count). The first kappa shape index (κ1) is 11.8. The van der Waals surface area contributed by atoms with Gasteiger partial charge < -0.3 is 0 Å². The molecule has 0 spiro atoms. The van der Waals surface area contributed by atoms with Crippen molar-refractivity contribution in [2.24, 2.45) is 5.92 Å². The first-order chi connectivity index (χ1) is 8.72. The van der Waals surface area contributed by atoms with Crippen molar-refractivity contribution in [3.8, 4) is 0 Å². The van der Waals surface area contributed by atoms with Crippen molar-refractivity contribution in [2.75, 3.05) is 13.1 Å². The van der Waals surface area contributed by atoms with E-state index in [0.29, 0.717) is 18.2 Å². The predicted octanol–water partition coefficient (Wildman–Crippen LogP) is 2.88. The summed E-state index contributed by atoms with van der Waals surface area (Å²) in [5.41, 5.74) is 0.497. The standard InChI is InChI=1S/C15H18FNO/c16-13-3-1-2-12(8-13)15(18)10-17(14-6-7-14)9-11-4-5-11/h1-3,8,11,14H,4-7,9-10H2. The molecule has 0 amide bonds. The topological polar surface area (TPSA) is 20.3 Å². The molecule has 1 aromatic rings. The van der Waals surface area contributed by atoms with E-state index < -0.39 is 0 Å². The largest absolute Gasteiger partial charge is 0.293 e. The van der Waals surface area contributed by atoms with E-state index in [0.717, 1.165) is 12.5 Å². The van der Waals surface area contributed by atoms with Gasteiger partial charge in [-0.25, -0.2) is 4.39 Å². The molecule has 0 bridgehead atoms. The number of halogens is 1. The predicted molar refractivity (Wildman–Crippen MR) is 68.0 cm³/mol. The van der Waals surface area contributed by atoms with E-state index in [1.807, 2.05) is 0 Å². The normalized spacial score (nSPS) is 19.2. The molecular formula is C15H18FNO. The van der Waals surface area contributed by atoms with Gasteiger partial charge in [0.15, 0.2) is 5.78 Å². The van der Waals surface area contributed by atoms with E-state index in [1.165, 1.54) is 37.8 Å². The van der Waals surface area contributed by atoms with Crippen molar-refractivity contribution >= 4 is 5.78 Å². The average Bonchev–Trinajstić information content (AvgIpc) is 3.21. The Balaban J connectivity index is 1.64. The minimum atomic E-state index is -0.332. The fourth-order valence-electron chi connectivity index (χ4n) is 2.35. The Bertz CT molecular complexity index is 452. The number of hydrogen-bond donors (Lipinski definition) is 0. The van der Waals surface area contributed by atoms with Crippen LogP contribution in [0.1, 0.15) is 36.0 Å². The number of rotatable bonds is 6. The molecule has 0 aliphatic heterocycles. The highest BCUT2D eigenvalue weighted by Gasteiger charge is 2.34. The first-order valence-corrected chi connectivity index (χ1v) is 6.75. The lowest BCUT2D eigenvalue weighted by Crippen LogP contribution is -2.33. The Morgan fingerprint density at radius 2 is 2.06 bits per heavy atom. The van der Waals surface area contributed by atoms with E-state index in [1.54, 1.807) is 12.1 Å². The minimum Gasteiger partial charge on any atom is -0.293 e. The fourth-order valence-corrected chi connectivity index (χ4v) is 2.35. The van der Waals surface area contributed by atoms with E-state index in [-0.39, 0.29) is 11.6 Å². The Labute approximate surface area is 107 Å². The molecule has 2 saturated carbocycles. The molecule has 0 N–H and O–H groups in total. The Kier molecular flexibility index (Phi) is 3.16. The zero-order chi connectivity index (χ0) is 12.5. The van der Waals surface area contributed by atoms with Crippen LogP contribution in [0.2, 0.25) is 0 Å². The van der Waals surface area contributed by atoms with Gasteiger partial charge in [0.05, 0.1) is 6.54 Å². The van der Waals surface area contributed by atoms with Gasteiger partial charge in [0, 0.05) is 18.2 Å². The SMILES string of the molecule is O=C(CN(CC1CC1)C1CC1)c1cccc(F)c1. The van der Waals surface area contributed by atoms with Crippen molar-refractivity contribution in [1.29, 1.82) is 0 Å². The molecule has 0 unspecified atom stereocenters. The first-order valence-electron chi connectivity index (χ1n) is 6.75. The molecule has 18 heavy (non-hydrogen) atoms. The second-order valence-corrected chi connectivity index (χ2v) is 5.54. The molecule has 2 nitrogen and oxygen atoms in total. The number of hydrogen-bond acceptors (Lipinski definition) is 2. The molecule has 0 heterocycles. The smallest absolute Gasteiger partial charge is 0.176 e. The van der Waals surface area contributed by atoms with Crippen LogP contribution in [-0.2, 0) is 0 Å². The lowest BCUT2D eigenvalue weighted by molar-refractivity contribution is 0.0920. The van der Waals surface area contributed by atoms with Gasteiger partial charge in [0.2, 0.25) is 0 Å². The second kappa shape index (κ2) is 4.81. The Hall–Kier alpha value is -1.22. The summed E-state index contributed by atoms with van der Waals surface area (Å²) in [6, 6.07) is 6.62. The lowest BCUT2D eigenvalue weighted by Gasteiger charge is -2.20. The van der Waals surface area contributed by atoms with Gasteiger partial charge in [-0.1, -0.05) is 12.1 Å². The molecular weight excluding hydrogens is 229 g/mol. The zero-order valence-electron chi connectivity index (χ0n) is 10.4. The van der Waals surface area contributed by atoms with Gasteiger partial charge in [-0.05, 0) is 43.7 Å².